The minimum atomic E-state index is -0.229. The molecule has 132 valence electrons. The van der Waals surface area contributed by atoms with Crippen molar-refractivity contribution >= 4 is 17.5 Å². The Morgan fingerprint density at radius 1 is 1.04 bits per heavy atom. The summed E-state index contributed by atoms with van der Waals surface area (Å²) in [7, 11) is 0. The van der Waals surface area contributed by atoms with Gasteiger partial charge in [-0.1, -0.05) is 48.0 Å². The molecule has 26 heavy (non-hydrogen) atoms. The lowest BCUT2D eigenvalue weighted by Crippen LogP contribution is -2.27. The normalized spacial score (nSPS) is 11.7. The molecule has 0 aliphatic heterocycles. The van der Waals surface area contributed by atoms with E-state index in [1.54, 1.807) is 12.3 Å². The lowest BCUT2D eigenvalue weighted by Gasteiger charge is -2.14. The van der Waals surface area contributed by atoms with E-state index in [0.717, 1.165) is 16.8 Å². The van der Waals surface area contributed by atoms with Gasteiger partial charge in [-0.15, -0.1) is 0 Å². The summed E-state index contributed by atoms with van der Waals surface area (Å²) in [4.78, 5) is 21.1. The molecule has 0 radical (unpaired) electrons. The quantitative estimate of drug-likeness (QED) is 0.722. The molecule has 2 aromatic carbocycles. The Labute approximate surface area is 153 Å². The standard InChI is InChI=1S/C21H22N4O/c1-14-9-10-18(15(2)13-14)24-21-22-12-11-19(25-21)20(26)23-16(3)17-7-5-4-6-8-17/h4-13,16H,1-3H3,(H,23,26)(H,22,24,25). The largest absolute Gasteiger partial charge is 0.344 e. The molecule has 0 bridgehead atoms. The van der Waals surface area contributed by atoms with E-state index in [-0.39, 0.29) is 11.9 Å². The third-order valence-corrected chi connectivity index (χ3v) is 4.16. The second-order valence-corrected chi connectivity index (χ2v) is 6.31. The molecule has 1 unspecified atom stereocenters. The average molecular weight is 346 g/mol. The van der Waals surface area contributed by atoms with Crippen LogP contribution in [0.15, 0.2) is 60.8 Å². The maximum absolute atomic E-state index is 12.5. The van der Waals surface area contributed by atoms with E-state index in [4.69, 9.17) is 0 Å². The molecule has 3 rings (SSSR count). The van der Waals surface area contributed by atoms with Crippen LogP contribution < -0.4 is 10.6 Å². The molecule has 2 N–H and O–H groups in total. The number of aromatic nitrogens is 2. The molecule has 0 fully saturated rings. The topological polar surface area (TPSA) is 66.9 Å². The fourth-order valence-corrected chi connectivity index (χ4v) is 2.72. The minimum absolute atomic E-state index is 0.102. The smallest absolute Gasteiger partial charge is 0.270 e. The lowest BCUT2D eigenvalue weighted by atomic mass is 10.1. The number of aryl methyl sites for hydroxylation is 2. The highest BCUT2D eigenvalue weighted by atomic mass is 16.1. The molecule has 1 atom stereocenters. The molecule has 0 aliphatic carbocycles. The molecule has 1 heterocycles. The van der Waals surface area contributed by atoms with Gasteiger partial charge in [0.25, 0.3) is 5.91 Å². The van der Waals surface area contributed by atoms with E-state index in [1.807, 2.05) is 63.2 Å². The van der Waals surface area contributed by atoms with Gasteiger partial charge in [-0.05, 0) is 44.0 Å². The van der Waals surface area contributed by atoms with Gasteiger partial charge in [-0.3, -0.25) is 4.79 Å². The summed E-state index contributed by atoms with van der Waals surface area (Å²) in [5.41, 5.74) is 4.59. The summed E-state index contributed by atoms with van der Waals surface area (Å²) >= 11 is 0. The van der Waals surface area contributed by atoms with Crippen LogP contribution in [0.1, 0.15) is 40.1 Å². The number of nitrogens with one attached hydrogen (secondary N) is 2. The van der Waals surface area contributed by atoms with Crippen molar-refractivity contribution in [2.75, 3.05) is 5.32 Å². The summed E-state index contributed by atoms with van der Waals surface area (Å²) < 4.78 is 0. The van der Waals surface area contributed by atoms with Crippen LogP contribution >= 0.6 is 0 Å². The molecule has 3 aromatic rings. The maximum Gasteiger partial charge on any atom is 0.270 e. The van der Waals surface area contributed by atoms with E-state index in [2.05, 4.69) is 26.7 Å². The van der Waals surface area contributed by atoms with Crippen LogP contribution in [0.2, 0.25) is 0 Å². The summed E-state index contributed by atoms with van der Waals surface area (Å²) in [5, 5.41) is 6.14. The van der Waals surface area contributed by atoms with Crippen molar-refractivity contribution in [1.82, 2.24) is 15.3 Å². The molecule has 5 nitrogen and oxygen atoms in total. The van der Waals surface area contributed by atoms with Gasteiger partial charge in [0.1, 0.15) is 5.69 Å². The van der Waals surface area contributed by atoms with E-state index >= 15 is 0 Å². The van der Waals surface area contributed by atoms with Gasteiger partial charge in [-0.2, -0.15) is 0 Å². The van der Waals surface area contributed by atoms with Crippen LogP contribution in [0.25, 0.3) is 0 Å². The summed E-state index contributed by atoms with van der Waals surface area (Å²) in [6, 6.07) is 17.4. The summed E-state index contributed by atoms with van der Waals surface area (Å²) in [6.45, 7) is 6.02. The maximum atomic E-state index is 12.5. The molecule has 0 saturated heterocycles. The van der Waals surface area contributed by atoms with Gasteiger partial charge in [0, 0.05) is 11.9 Å². The van der Waals surface area contributed by atoms with Gasteiger partial charge in [0.2, 0.25) is 5.95 Å². The van der Waals surface area contributed by atoms with Crippen molar-refractivity contribution in [2.24, 2.45) is 0 Å². The monoisotopic (exact) mass is 346 g/mol. The van der Waals surface area contributed by atoms with Crippen LogP contribution in [-0.4, -0.2) is 15.9 Å². The van der Waals surface area contributed by atoms with Gasteiger partial charge >= 0.3 is 0 Å². The predicted molar refractivity (Wildman–Crippen MR) is 104 cm³/mol. The Morgan fingerprint density at radius 3 is 2.54 bits per heavy atom. The molecular formula is C21H22N4O. The Morgan fingerprint density at radius 2 is 1.81 bits per heavy atom. The van der Waals surface area contributed by atoms with Gasteiger partial charge in [-0.25, -0.2) is 9.97 Å². The highest BCUT2D eigenvalue weighted by Gasteiger charge is 2.13. The highest BCUT2D eigenvalue weighted by molar-refractivity contribution is 5.92. The number of rotatable bonds is 5. The first-order valence-corrected chi connectivity index (χ1v) is 8.56. The number of anilines is 2. The van der Waals surface area contributed by atoms with Crippen LogP contribution in [0.4, 0.5) is 11.6 Å². The summed E-state index contributed by atoms with van der Waals surface area (Å²) in [5.74, 6) is 0.171. The number of nitrogens with zero attached hydrogens (tertiary/aromatic N) is 2. The molecule has 0 aliphatic rings. The number of amides is 1. The van der Waals surface area contributed by atoms with Crippen molar-refractivity contribution in [2.45, 2.75) is 26.8 Å². The number of hydrogen-bond donors (Lipinski definition) is 2. The second-order valence-electron chi connectivity index (χ2n) is 6.31. The summed E-state index contributed by atoms with van der Waals surface area (Å²) in [6.07, 6.45) is 1.58. The molecule has 5 heteroatoms. The SMILES string of the molecule is Cc1ccc(Nc2nccc(C(=O)NC(C)c3ccccc3)n2)c(C)c1. The van der Waals surface area contributed by atoms with Crippen LogP contribution in [-0.2, 0) is 0 Å². The van der Waals surface area contributed by atoms with E-state index < -0.39 is 0 Å². The van der Waals surface area contributed by atoms with E-state index in [1.165, 1.54) is 5.56 Å². The fraction of sp³-hybridized carbons (Fsp3) is 0.190. The number of hydrogen-bond acceptors (Lipinski definition) is 4. The molecular weight excluding hydrogens is 324 g/mol. The zero-order valence-electron chi connectivity index (χ0n) is 15.2. The van der Waals surface area contributed by atoms with Crippen molar-refractivity contribution in [1.29, 1.82) is 0 Å². The Balaban J connectivity index is 1.73. The van der Waals surface area contributed by atoms with Gasteiger partial charge in [0.05, 0.1) is 6.04 Å². The first kappa shape index (κ1) is 17.6. The van der Waals surface area contributed by atoms with Crippen LogP contribution in [0.3, 0.4) is 0 Å². The lowest BCUT2D eigenvalue weighted by molar-refractivity contribution is 0.0935. The third kappa shape index (κ3) is 4.25. The predicted octanol–water partition coefficient (Wildman–Crippen LogP) is 4.33. The Hall–Kier alpha value is -3.21. The third-order valence-electron chi connectivity index (χ3n) is 4.16. The molecule has 0 saturated carbocycles. The zero-order valence-corrected chi connectivity index (χ0v) is 15.2. The molecule has 1 aromatic heterocycles. The van der Waals surface area contributed by atoms with Gasteiger partial charge in [0.15, 0.2) is 0 Å². The zero-order chi connectivity index (χ0) is 18.5. The van der Waals surface area contributed by atoms with Crippen molar-refractivity contribution in [3.63, 3.8) is 0 Å². The van der Waals surface area contributed by atoms with Gasteiger partial charge < -0.3 is 10.6 Å². The van der Waals surface area contributed by atoms with Crippen molar-refractivity contribution in [3.05, 3.63) is 83.2 Å². The van der Waals surface area contributed by atoms with Crippen molar-refractivity contribution in [3.8, 4) is 0 Å². The molecule has 0 spiro atoms. The Bertz CT molecular complexity index is 909. The number of carbonyl (C=O) groups is 1. The average Bonchev–Trinajstić information content (AvgIpc) is 2.65. The first-order chi connectivity index (χ1) is 12.5. The van der Waals surface area contributed by atoms with E-state index in [0.29, 0.717) is 11.6 Å². The molecule has 1 amide bonds. The van der Waals surface area contributed by atoms with Crippen LogP contribution in [0, 0.1) is 13.8 Å². The Kier molecular flexibility index (Phi) is 5.27. The number of benzene rings is 2. The van der Waals surface area contributed by atoms with E-state index in [9.17, 15) is 4.79 Å². The second kappa shape index (κ2) is 7.78. The van der Waals surface area contributed by atoms with Crippen molar-refractivity contribution < 1.29 is 4.79 Å². The number of carbonyl (C=O) groups excluding carboxylic acids is 1. The van der Waals surface area contributed by atoms with Crippen LogP contribution in [0.5, 0.6) is 0 Å². The first-order valence-electron chi connectivity index (χ1n) is 8.56. The fourth-order valence-electron chi connectivity index (χ4n) is 2.72. The highest BCUT2D eigenvalue weighted by Crippen LogP contribution is 2.19. The minimum Gasteiger partial charge on any atom is -0.344 e.